The van der Waals surface area contributed by atoms with Crippen molar-refractivity contribution >= 4 is 41.7 Å². The Kier molecular flexibility index (Phi) is 5.41. The molecule has 0 fully saturated rings. The number of thiol groups is 1. The van der Waals surface area contributed by atoms with E-state index in [4.69, 9.17) is 10.00 Å². The standard InChI is InChI=1S/C21H19N7OS/c1-12-9-15(19-27-28-21(30)29-19)10-13(2)18(12)25-17-7-8-23-20(26-17)24-16-5-3-14(11-22)4-6-16/h3-10,21,28,30H,1-2H3,(H2,23,24,25,26). The van der Waals surface area contributed by atoms with Gasteiger partial charge in [-0.25, -0.2) is 4.98 Å². The summed E-state index contributed by atoms with van der Waals surface area (Å²) >= 11 is 4.20. The van der Waals surface area contributed by atoms with Gasteiger partial charge in [-0.2, -0.15) is 10.2 Å². The molecule has 3 aromatic rings. The van der Waals surface area contributed by atoms with Gasteiger partial charge in [-0.05, 0) is 67.4 Å². The lowest BCUT2D eigenvalue weighted by Gasteiger charge is -2.15. The normalized spacial score (nSPS) is 14.9. The maximum atomic E-state index is 8.91. The highest BCUT2D eigenvalue weighted by Gasteiger charge is 2.18. The van der Waals surface area contributed by atoms with E-state index >= 15 is 0 Å². The molecule has 8 nitrogen and oxygen atoms in total. The zero-order valence-electron chi connectivity index (χ0n) is 16.3. The predicted octanol–water partition coefficient (Wildman–Crippen LogP) is 3.95. The van der Waals surface area contributed by atoms with Crippen molar-refractivity contribution in [3.05, 3.63) is 70.9 Å². The van der Waals surface area contributed by atoms with Gasteiger partial charge in [0.15, 0.2) is 0 Å². The van der Waals surface area contributed by atoms with Crippen LogP contribution in [0.1, 0.15) is 22.3 Å². The largest absolute Gasteiger partial charge is 0.441 e. The van der Waals surface area contributed by atoms with E-state index in [1.165, 1.54) is 0 Å². The van der Waals surface area contributed by atoms with Crippen molar-refractivity contribution in [3.63, 3.8) is 0 Å². The van der Waals surface area contributed by atoms with Crippen molar-refractivity contribution in [2.24, 2.45) is 5.10 Å². The molecule has 2 heterocycles. The lowest BCUT2D eigenvalue weighted by Crippen LogP contribution is -2.14. The first kappa shape index (κ1) is 19.5. The molecule has 1 aromatic heterocycles. The fourth-order valence-corrected chi connectivity index (χ4v) is 3.22. The maximum absolute atomic E-state index is 8.91. The number of aromatic nitrogens is 2. The fourth-order valence-electron chi connectivity index (χ4n) is 3.06. The minimum atomic E-state index is -0.429. The number of hydrogen-bond donors (Lipinski definition) is 4. The highest BCUT2D eigenvalue weighted by atomic mass is 32.1. The van der Waals surface area contributed by atoms with Crippen LogP contribution in [0, 0.1) is 25.2 Å². The molecule has 0 aliphatic carbocycles. The Balaban J connectivity index is 1.53. The number of anilines is 4. The molecule has 0 bridgehead atoms. The zero-order chi connectivity index (χ0) is 21.1. The minimum Gasteiger partial charge on any atom is -0.441 e. The SMILES string of the molecule is Cc1cc(C2=NNC(S)O2)cc(C)c1Nc1ccnc(Nc2ccc(C#N)cc2)n1. The van der Waals surface area contributed by atoms with Crippen LogP contribution in [0.5, 0.6) is 0 Å². The summed E-state index contributed by atoms with van der Waals surface area (Å²) in [5, 5.41) is 19.6. The van der Waals surface area contributed by atoms with Crippen molar-refractivity contribution in [2.75, 3.05) is 10.6 Å². The Labute approximate surface area is 179 Å². The highest BCUT2D eigenvalue weighted by molar-refractivity contribution is 7.80. The third-order valence-electron chi connectivity index (χ3n) is 4.46. The van der Waals surface area contributed by atoms with Crippen LogP contribution in [0.4, 0.5) is 23.1 Å². The molecule has 1 atom stereocenters. The van der Waals surface area contributed by atoms with Gasteiger partial charge in [-0.3, -0.25) is 5.43 Å². The monoisotopic (exact) mass is 417 g/mol. The molecule has 1 aliphatic rings. The Morgan fingerprint density at radius 2 is 1.83 bits per heavy atom. The molecule has 1 aliphatic heterocycles. The Morgan fingerprint density at radius 1 is 1.10 bits per heavy atom. The predicted molar refractivity (Wildman–Crippen MR) is 119 cm³/mol. The number of ether oxygens (including phenoxy) is 1. The number of nitrogens with one attached hydrogen (secondary N) is 3. The molecule has 150 valence electrons. The van der Waals surface area contributed by atoms with Crippen LogP contribution in [0.25, 0.3) is 0 Å². The summed E-state index contributed by atoms with van der Waals surface area (Å²) in [6.07, 6.45) is 1.68. The number of hydrogen-bond acceptors (Lipinski definition) is 9. The first-order valence-electron chi connectivity index (χ1n) is 9.18. The van der Waals surface area contributed by atoms with Gasteiger partial charge in [0.05, 0.1) is 11.6 Å². The van der Waals surface area contributed by atoms with E-state index in [9.17, 15) is 0 Å². The van der Waals surface area contributed by atoms with E-state index in [0.29, 0.717) is 23.2 Å². The number of rotatable bonds is 5. The van der Waals surface area contributed by atoms with Gasteiger partial charge in [0.25, 0.3) is 0 Å². The molecular formula is C21H19N7OS. The summed E-state index contributed by atoms with van der Waals surface area (Å²) in [4.78, 5) is 8.79. The molecule has 2 aromatic carbocycles. The van der Waals surface area contributed by atoms with Crippen LogP contribution in [0.3, 0.4) is 0 Å². The van der Waals surface area contributed by atoms with Crippen molar-refractivity contribution in [1.29, 1.82) is 5.26 Å². The lowest BCUT2D eigenvalue weighted by atomic mass is 10.0. The van der Waals surface area contributed by atoms with E-state index in [1.807, 2.05) is 38.1 Å². The molecule has 0 amide bonds. The first-order valence-corrected chi connectivity index (χ1v) is 9.70. The molecule has 0 saturated heterocycles. The lowest BCUT2D eigenvalue weighted by molar-refractivity contribution is 0.282. The summed E-state index contributed by atoms with van der Waals surface area (Å²) in [6.45, 7) is 4.02. The van der Waals surface area contributed by atoms with Gasteiger partial charge < -0.3 is 15.4 Å². The molecule has 4 rings (SSSR count). The third kappa shape index (κ3) is 4.29. The summed E-state index contributed by atoms with van der Waals surface area (Å²) < 4.78 is 5.54. The summed E-state index contributed by atoms with van der Waals surface area (Å²) in [5.74, 6) is 1.63. The number of hydrazone groups is 1. The molecule has 30 heavy (non-hydrogen) atoms. The second-order valence-electron chi connectivity index (χ2n) is 6.71. The summed E-state index contributed by atoms with van der Waals surface area (Å²) in [7, 11) is 0. The second-order valence-corrected chi connectivity index (χ2v) is 7.17. The average Bonchev–Trinajstić information content (AvgIpc) is 3.18. The summed E-state index contributed by atoms with van der Waals surface area (Å²) in [6, 6.07) is 15.0. The number of nitriles is 1. The quantitative estimate of drug-likeness (QED) is 0.466. The molecule has 0 saturated carbocycles. The van der Waals surface area contributed by atoms with Crippen LogP contribution < -0.4 is 16.1 Å². The number of nitrogens with zero attached hydrogens (tertiary/aromatic N) is 4. The molecule has 3 N–H and O–H groups in total. The summed E-state index contributed by atoms with van der Waals surface area (Å²) in [5.41, 5.74) is 7.63. The fraction of sp³-hybridized carbons (Fsp3) is 0.143. The van der Waals surface area contributed by atoms with Crippen LogP contribution in [-0.2, 0) is 4.74 Å². The number of aryl methyl sites for hydroxylation is 2. The van der Waals surface area contributed by atoms with E-state index in [0.717, 1.165) is 28.1 Å². The van der Waals surface area contributed by atoms with Crippen LogP contribution >= 0.6 is 12.6 Å². The van der Waals surface area contributed by atoms with Gasteiger partial charge in [0.2, 0.25) is 17.4 Å². The zero-order valence-corrected chi connectivity index (χ0v) is 17.2. The van der Waals surface area contributed by atoms with E-state index in [1.54, 1.807) is 24.4 Å². The van der Waals surface area contributed by atoms with Crippen molar-refractivity contribution < 1.29 is 4.74 Å². The number of benzene rings is 2. The van der Waals surface area contributed by atoms with Gasteiger partial charge in [0, 0.05) is 23.1 Å². The Morgan fingerprint density at radius 3 is 2.47 bits per heavy atom. The Hall–Kier alpha value is -3.77. The average molecular weight is 417 g/mol. The van der Waals surface area contributed by atoms with E-state index in [-0.39, 0.29) is 0 Å². The van der Waals surface area contributed by atoms with E-state index in [2.05, 4.69) is 49.8 Å². The third-order valence-corrected chi connectivity index (χ3v) is 4.68. The topological polar surface area (TPSA) is 107 Å². The Bertz CT molecular complexity index is 1130. The minimum absolute atomic E-state index is 0.429. The van der Waals surface area contributed by atoms with E-state index < -0.39 is 5.56 Å². The van der Waals surface area contributed by atoms with Crippen molar-refractivity contribution in [3.8, 4) is 6.07 Å². The van der Waals surface area contributed by atoms with Crippen LogP contribution in [-0.4, -0.2) is 21.4 Å². The maximum Gasteiger partial charge on any atom is 0.240 e. The van der Waals surface area contributed by atoms with Crippen molar-refractivity contribution in [1.82, 2.24) is 15.4 Å². The first-order chi connectivity index (χ1) is 14.5. The van der Waals surface area contributed by atoms with Crippen LogP contribution in [0.15, 0.2) is 53.8 Å². The second kappa shape index (κ2) is 8.31. The van der Waals surface area contributed by atoms with Gasteiger partial charge >= 0.3 is 0 Å². The van der Waals surface area contributed by atoms with Crippen molar-refractivity contribution in [2.45, 2.75) is 19.4 Å². The molecule has 1 unspecified atom stereocenters. The van der Waals surface area contributed by atoms with Gasteiger partial charge in [-0.15, -0.1) is 17.7 Å². The smallest absolute Gasteiger partial charge is 0.240 e. The van der Waals surface area contributed by atoms with Gasteiger partial charge in [-0.1, -0.05) is 0 Å². The van der Waals surface area contributed by atoms with Crippen LogP contribution in [0.2, 0.25) is 0 Å². The highest BCUT2D eigenvalue weighted by Crippen LogP contribution is 2.27. The molecular weight excluding hydrogens is 398 g/mol. The molecule has 9 heteroatoms. The van der Waals surface area contributed by atoms with Gasteiger partial charge in [0.1, 0.15) is 5.82 Å². The molecule has 0 spiro atoms. The molecule has 0 radical (unpaired) electrons.